The Morgan fingerprint density at radius 3 is 2.47 bits per heavy atom. The molecule has 3 heteroatoms. The van der Waals surface area contributed by atoms with Gasteiger partial charge in [0.2, 0.25) is 0 Å². The Hall–Kier alpha value is -1.09. The lowest BCUT2D eigenvalue weighted by Gasteiger charge is -2.30. The average molecular weight is 239 g/mol. The summed E-state index contributed by atoms with van der Waals surface area (Å²) in [5.41, 5.74) is 1.55. The van der Waals surface area contributed by atoms with Crippen LogP contribution in [0.2, 0.25) is 0 Å². The first-order chi connectivity index (χ1) is 7.95. The second-order valence-electron chi connectivity index (χ2n) is 5.02. The van der Waals surface area contributed by atoms with Crippen LogP contribution in [0, 0.1) is 11.7 Å². The zero-order valence-electron chi connectivity index (χ0n) is 11.1. The minimum atomic E-state index is -0.303. The number of halogens is 1. The molecule has 0 aliphatic carbocycles. The van der Waals surface area contributed by atoms with Crippen LogP contribution < -0.4 is 4.90 Å². The van der Waals surface area contributed by atoms with Crippen molar-refractivity contribution in [2.75, 3.05) is 11.9 Å². The lowest BCUT2D eigenvalue weighted by Crippen LogP contribution is -2.30. The van der Waals surface area contributed by atoms with E-state index in [4.69, 9.17) is 0 Å². The van der Waals surface area contributed by atoms with Crippen LogP contribution in [0.4, 0.5) is 10.1 Å². The van der Waals surface area contributed by atoms with Gasteiger partial charge in [-0.15, -0.1) is 0 Å². The summed E-state index contributed by atoms with van der Waals surface area (Å²) in [6.45, 7) is 6.38. The molecule has 0 heterocycles. The lowest BCUT2D eigenvalue weighted by atomic mass is 10.0. The third-order valence-corrected chi connectivity index (χ3v) is 3.07. The summed E-state index contributed by atoms with van der Waals surface area (Å²) in [6, 6.07) is 4.93. The summed E-state index contributed by atoms with van der Waals surface area (Å²) in [5.74, 6) is 0.313. The minimum absolute atomic E-state index is 0.133. The van der Waals surface area contributed by atoms with Gasteiger partial charge in [-0.05, 0) is 37.5 Å². The molecule has 0 saturated carbocycles. The van der Waals surface area contributed by atoms with E-state index in [1.807, 2.05) is 7.05 Å². The van der Waals surface area contributed by atoms with Crippen LogP contribution in [0.3, 0.4) is 0 Å². The molecule has 0 amide bonds. The van der Waals surface area contributed by atoms with Crippen LogP contribution in [-0.2, 0) is 6.61 Å². The Labute approximate surface area is 103 Å². The first-order valence-corrected chi connectivity index (χ1v) is 6.07. The highest BCUT2D eigenvalue weighted by Crippen LogP contribution is 2.24. The van der Waals surface area contributed by atoms with Crippen LogP contribution in [0.25, 0.3) is 0 Å². The van der Waals surface area contributed by atoms with Crippen LogP contribution in [0.1, 0.15) is 32.8 Å². The van der Waals surface area contributed by atoms with Crippen molar-refractivity contribution in [1.82, 2.24) is 0 Å². The zero-order chi connectivity index (χ0) is 13.0. The number of anilines is 1. The lowest BCUT2D eigenvalue weighted by molar-refractivity contribution is 0.281. The fourth-order valence-electron chi connectivity index (χ4n) is 2.10. The maximum atomic E-state index is 13.1. The molecular formula is C14H22FNO. The molecule has 0 aromatic heterocycles. The highest BCUT2D eigenvalue weighted by Gasteiger charge is 2.14. The van der Waals surface area contributed by atoms with Crippen LogP contribution in [0.5, 0.6) is 0 Å². The van der Waals surface area contributed by atoms with Gasteiger partial charge < -0.3 is 10.0 Å². The maximum absolute atomic E-state index is 13.1. The van der Waals surface area contributed by atoms with Gasteiger partial charge >= 0.3 is 0 Å². The fraction of sp³-hybridized carbons (Fsp3) is 0.571. The normalized spacial score (nSPS) is 12.9. The van der Waals surface area contributed by atoms with Crippen molar-refractivity contribution in [1.29, 1.82) is 0 Å². The highest BCUT2D eigenvalue weighted by atomic mass is 19.1. The van der Waals surface area contributed by atoms with Gasteiger partial charge in [0.15, 0.2) is 0 Å². The number of aliphatic hydroxyl groups excluding tert-OH is 1. The van der Waals surface area contributed by atoms with Crippen molar-refractivity contribution in [3.63, 3.8) is 0 Å². The third kappa shape index (κ3) is 3.70. The van der Waals surface area contributed by atoms with E-state index in [1.165, 1.54) is 12.1 Å². The number of benzene rings is 1. The van der Waals surface area contributed by atoms with E-state index >= 15 is 0 Å². The van der Waals surface area contributed by atoms with Gasteiger partial charge in [0.1, 0.15) is 5.82 Å². The van der Waals surface area contributed by atoms with Crippen molar-refractivity contribution >= 4 is 5.69 Å². The molecule has 1 unspecified atom stereocenters. The molecule has 1 atom stereocenters. The smallest absolute Gasteiger partial charge is 0.123 e. The fourth-order valence-corrected chi connectivity index (χ4v) is 2.10. The summed E-state index contributed by atoms with van der Waals surface area (Å²) in [5, 5.41) is 9.26. The predicted octanol–water partition coefficient (Wildman–Crippen LogP) is 3.19. The van der Waals surface area contributed by atoms with Crippen LogP contribution in [-0.4, -0.2) is 18.2 Å². The van der Waals surface area contributed by atoms with Gasteiger partial charge in [-0.3, -0.25) is 0 Å². The summed E-state index contributed by atoms with van der Waals surface area (Å²) in [7, 11) is 1.99. The molecule has 1 aromatic rings. The summed E-state index contributed by atoms with van der Waals surface area (Å²) < 4.78 is 13.1. The molecule has 0 saturated heterocycles. The molecule has 96 valence electrons. The molecule has 0 fully saturated rings. The molecule has 17 heavy (non-hydrogen) atoms. The Bertz CT molecular complexity index is 365. The molecular weight excluding hydrogens is 217 g/mol. The Balaban J connectivity index is 2.91. The van der Waals surface area contributed by atoms with Crippen molar-refractivity contribution in [3.8, 4) is 0 Å². The molecule has 0 aliphatic rings. The number of aliphatic hydroxyl groups is 1. The zero-order valence-corrected chi connectivity index (χ0v) is 11.1. The SMILES string of the molecule is CC(C)CC(C)N(C)c1ccc(F)cc1CO. The van der Waals surface area contributed by atoms with Crippen LogP contribution >= 0.6 is 0 Å². The number of rotatable bonds is 5. The van der Waals surface area contributed by atoms with Crippen molar-refractivity contribution < 1.29 is 9.50 Å². The van der Waals surface area contributed by atoms with Crippen LogP contribution in [0.15, 0.2) is 18.2 Å². The van der Waals surface area contributed by atoms with Gasteiger partial charge in [0.25, 0.3) is 0 Å². The molecule has 1 rings (SSSR count). The topological polar surface area (TPSA) is 23.5 Å². The summed E-state index contributed by atoms with van der Waals surface area (Å²) in [4.78, 5) is 2.10. The second-order valence-corrected chi connectivity index (χ2v) is 5.02. The molecule has 0 bridgehead atoms. The van der Waals surface area contributed by atoms with E-state index < -0.39 is 0 Å². The number of hydrogen-bond donors (Lipinski definition) is 1. The highest BCUT2D eigenvalue weighted by molar-refractivity contribution is 5.53. The van der Waals surface area contributed by atoms with E-state index in [0.717, 1.165) is 12.1 Å². The summed E-state index contributed by atoms with van der Waals surface area (Å²) >= 11 is 0. The standard InChI is InChI=1S/C14H22FNO/c1-10(2)7-11(3)16(4)14-6-5-13(15)8-12(14)9-17/h5-6,8,10-11,17H,7,9H2,1-4H3. The quantitative estimate of drug-likeness (QED) is 0.853. The first-order valence-electron chi connectivity index (χ1n) is 6.07. The monoisotopic (exact) mass is 239 g/mol. The Morgan fingerprint density at radius 1 is 1.29 bits per heavy atom. The van der Waals surface area contributed by atoms with Crippen molar-refractivity contribution in [2.24, 2.45) is 5.92 Å². The van der Waals surface area contributed by atoms with E-state index in [2.05, 4.69) is 25.7 Å². The Kier molecular flexibility index (Phi) is 4.94. The van der Waals surface area contributed by atoms with E-state index in [-0.39, 0.29) is 12.4 Å². The third-order valence-electron chi connectivity index (χ3n) is 3.07. The maximum Gasteiger partial charge on any atom is 0.123 e. The minimum Gasteiger partial charge on any atom is -0.392 e. The molecule has 0 radical (unpaired) electrons. The molecule has 1 aromatic carbocycles. The second kappa shape index (κ2) is 6.01. The molecule has 0 spiro atoms. The van der Waals surface area contributed by atoms with E-state index in [9.17, 15) is 9.50 Å². The molecule has 2 nitrogen and oxygen atoms in total. The van der Waals surface area contributed by atoms with Gasteiger partial charge in [-0.2, -0.15) is 0 Å². The van der Waals surface area contributed by atoms with Crippen molar-refractivity contribution in [3.05, 3.63) is 29.6 Å². The van der Waals surface area contributed by atoms with E-state index in [0.29, 0.717) is 17.5 Å². The molecule has 1 N–H and O–H groups in total. The van der Waals surface area contributed by atoms with E-state index in [1.54, 1.807) is 6.07 Å². The first kappa shape index (κ1) is 14.0. The van der Waals surface area contributed by atoms with Gasteiger partial charge in [-0.25, -0.2) is 4.39 Å². The Morgan fingerprint density at radius 2 is 1.94 bits per heavy atom. The van der Waals surface area contributed by atoms with Crippen molar-refractivity contribution in [2.45, 2.75) is 39.8 Å². The largest absolute Gasteiger partial charge is 0.392 e. The molecule has 0 aliphatic heterocycles. The average Bonchev–Trinajstić information content (AvgIpc) is 2.27. The predicted molar refractivity (Wildman–Crippen MR) is 69.6 cm³/mol. The number of nitrogens with zero attached hydrogens (tertiary/aromatic N) is 1. The van der Waals surface area contributed by atoms with Gasteiger partial charge in [0.05, 0.1) is 6.61 Å². The van der Waals surface area contributed by atoms with Gasteiger partial charge in [0, 0.05) is 24.3 Å². The van der Waals surface area contributed by atoms with Gasteiger partial charge in [-0.1, -0.05) is 13.8 Å². The number of hydrogen-bond acceptors (Lipinski definition) is 2. The summed E-state index contributed by atoms with van der Waals surface area (Å²) in [6.07, 6.45) is 1.07.